The van der Waals surface area contributed by atoms with E-state index in [-0.39, 0.29) is 6.42 Å². The SMILES string of the molecule is C#CC#CC#CC#CC#CC(=O)OC[C@H](COP(=O)(O)OC1C(O)[C@H](O)[C@H](O)C(OP(=O)(O)O)[C@@H]1O)OC(=O)CCCCCCCCCCCCCCC. The molecule has 0 bridgehead atoms. The zero-order valence-corrected chi connectivity index (χ0v) is 31.9. The van der Waals surface area contributed by atoms with Gasteiger partial charge < -0.3 is 44.6 Å². The molecule has 1 rings (SSSR count). The van der Waals surface area contributed by atoms with Crippen LogP contribution in [0, 0.1) is 59.7 Å². The first-order valence-corrected chi connectivity index (χ1v) is 20.6. The minimum absolute atomic E-state index is 0.0285. The first-order chi connectivity index (χ1) is 25.6. The van der Waals surface area contributed by atoms with Crippen LogP contribution in [-0.4, -0.2) is 103 Å². The molecule has 0 aliphatic heterocycles. The summed E-state index contributed by atoms with van der Waals surface area (Å²) in [4.78, 5) is 53.3. The molecular formula is C36H50O16P2. The number of phosphoric acid groups is 2. The lowest BCUT2D eigenvalue weighted by Crippen LogP contribution is -2.64. The summed E-state index contributed by atoms with van der Waals surface area (Å²) in [7, 11) is -10.7. The van der Waals surface area contributed by atoms with Crippen LogP contribution in [0.4, 0.5) is 0 Å². The van der Waals surface area contributed by atoms with E-state index >= 15 is 0 Å². The predicted octanol–water partition coefficient (Wildman–Crippen LogP) is 2.01. The maximum atomic E-state index is 12.8. The average molecular weight is 801 g/mol. The smallest absolute Gasteiger partial charge is 0.456 e. The van der Waals surface area contributed by atoms with E-state index in [4.69, 9.17) is 34.7 Å². The van der Waals surface area contributed by atoms with Gasteiger partial charge >= 0.3 is 27.6 Å². The van der Waals surface area contributed by atoms with Crippen LogP contribution in [0.25, 0.3) is 0 Å². The van der Waals surface area contributed by atoms with Gasteiger partial charge in [-0.2, -0.15) is 0 Å². The van der Waals surface area contributed by atoms with Crippen molar-refractivity contribution >= 4 is 27.6 Å². The van der Waals surface area contributed by atoms with Crippen LogP contribution < -0.4 is 0 Å². The zero-order chi connectivity index (χ0) is 40.4. The van der Waals surface area contributed by atoms with Gasteiger partial charge in [-0.05, 0) is 53.8 Å². The number of aliphatic hydroxyl groups excluding tert-OH is 4. The van der Waals surface area contributed by atoms with Gasteiger partial charge in [-0.15, -0.1) is 6.42 Å². The summed E-state index contributed by atoms with van der Waals surface area (Å²) in [6.07, 6.45) is 3.94. The van der Waals surface area contributed by atoms with E-state index < -0.39 is 83.5 Å². The van der Waals surface area contributed by atoms with Crippen LogP contribution >= 0.6 is 15.6 Å². The van der Waals surface area contributed by atoms with E-state index in [1.807, 2.05) is 5.92 Å². The van der Waals surface area contributed by atoms with Crippen LogP contribution in [-0.2, 0) is 41.8 Å². The molecule has 1 aliphatic carbocycles. The Morgan fingerprint density at radius 2 is 1.13 bits per heavy atom. The van der Waals surface area contributed by atoms with Gasteiger partial charge in [-0.3, -0.25) is 18.4 Å². The van der Waals surface area contributed by atoms with Crippen LogP contribution in [0.1, 0.15) is 96.8 Å². The highest BCUT2D eigenvalue weighted by molar-refractivity contribution is 7.47. The number of hydrogen-bond donors (Lipinski definition) is 7. The molecule has 1 saturated carbocycles. The number of rotatable bonds is 24. The lowest BCUT2D eigenvalue weighted by atomic mass is 9.85. The number of hydrogen-bond acceptors (Lipinski definition) is 13. The summed E-state index contributed by atoms with van der Waals surface area (Å²) in [6, 6.07) is 0. The summed E-state index contributed by atoms with van der Waals surface area (Å²) >= 11 is 0. The molecule has 0 aromatic carbocycles. The Bertz CT molecular complexity index is 1560. The molecule has 4 unspecified atom stereocenters. The first kappa shape index (κ1) is 48.8. The second kappa shape index (κ2) is 27.4. The number of unbranched alkanes of at least 4 members (excludes halogenated alkanes) is 12. The Labute approximate surface area is 316 Å². The van der Waals surface area contributed by atoms with Crippen molar-refractivity contribution in [1.29, 1.82) is 0 Å². The second-order valence-corrected chi connectivity index (χ2v) is 14.8. The Morgan fingerprint density at radius 3 is 1.65 bits per heavy atom. The summed E-state index contributed by atoms with van der Waals surface area (Å²) in [5, 5.41) is 40.8. The van der Waals surface area contributed by atoms with Crippen molar-refractivity contribution in [3.8, 4) is 59.7 Å². The van der Waals surface area contributed by atoms with Crippen LogP contribution in [0.5, 0.6) is 0 Å². The third kappa shape index (κ3) is 22.2. The van der Waals surface area contributed by atoms with Crippen molar-refractivity contribution in [3.63, 3.8) is 0 Å². The zero-order valence-electron chi connectivity index (χ0n) is 30.1. The fraction of sp³-hybridized carbons (Fsp3) is 0.667. The lowest BCUT2D eigenvalue weighted by molar-refractivity contribution is -0.216. The van der Waals surface area contributed by atoms with E-state index in [0.717, 1.165) is 32.1 Å². The van der Waals surface area contributed by atoms with Gasteiger partial charge in [-0.1, -0.05) is 84.0 Å². The molecule has 300 valence electrons. The van der Waals surface area contributed by atoms with Crippen LogP contribution in [0.3, 0.4) is 0 Å². The molecule has 0 heterocycles. The van der Waals surface area contributed by atoms with Gasteiger partial charge in [0.2, 0.25) is 0 Å². The molecule has 0 radical (unpaired) electrons. The second-order valence-electron chi connectivity index (χ2n) is 12.2. The standard InChI is InChI=1S/C36H50O16P2/c1-3-5-7-9-11-13-14-15-16-17-19-21-23-25-30(38)50-28(26-48-29(37)24-22-20-18-12-10-8-6-4-2)27-49-54(46,47)52-36-33(41)31(39)32(40)35(34(36)42)51-53(43,44)45/h2,28,31-36,39-42H,3,5,7,9,11,13-17,19,21,23,25-27H2,1H3,(H,46,47)(H2,43,44,45)/t28-,31-,32+,33?,34+,35?,36?/m1/s1. The minimum Gasteiger partial charge on any atom is -0.456 e. The van der Waals surface area contributed by atoms with E-state index in [1.54, 1.807) is 0 Å². The van der Waals surface area contributed by atoms with Gasteiger partial charge in [0.05, 0.1) is 6.61 Å². The number of phosphoric ester groups is 2. The average Bonchev–Trinajstić information content (AvgIpc) is 3.11. The van der Waals surface area contributed by atoms with Gasteiger partial charge in [0.25, 0.3) is 0 Å². The Kier molecular flexibility index (Phi) is 24.8. The number of aliphatic hydroxyl groups is 4. The maximum absolute atomic E-state index is 12.8. The van der Waals surface area contributed by atoms with Crippen molar-refractivity contribution in [3.05, 3.63) is 0 Å². The van der Waals surface area contributed by atoms with Crippen molar-refractivity contribution < 1.29 is 76.9 Å². The molecule has 54 heavy (non-hydrogen) atoms. The predicted molar refractivity (Wildman–Crippen MR) is 193 cm³/mol. The van der Waals surface area contributed by atoms with Crippen LogP contribution in [0.15, 0.2) is 0 Å². The minimum atomic E-state index is -5.38. The quantitative estimate of drug-likeness (QED) is 0.0242. The summed E-state index contributed by atoms with van der Waals surface area (Å²) in [6.45, 7) is 0.531. The molecule has 0 saturated heterocycles. The fourth-order valence-corrected chi connectivity index (χ4v) is 6.62. The molecular weight excluding hydrogens is 750 g/mol. The largest absolute Gasteiger partial charge is 0.472 e. The van der Waals surface area contributed by atoms with Gasteiger partial charge in [-0.25, -0.2) is 13.9 Å². The molecule has 0 aromatic rings. The van der Waals surface area contributed by atoms with E-state index in [2.05, 4.69) is 58.8 Å². The number of terminal acetylenes is 1. The number of carbonyl (C=O) groups excluding carboxylic acids is 2. The third-order valence-corrected chi connectivity index (χ3v) is 9.28. The van der Waals surface area contributed by atoms with Crippen molar-refractivity contribution in [1.82, 2.24) is 0 Å². The molecule has 1 aliphatic rings. The lowest BCUT2D eigenvalue weighted by Gasteiger charge is -2.43. The number of esters is 2. The number of ether oxygens (including phenoxy) is 2. The first-order valence-electron chi connectivity index (χ1n) is 17.6. The van der Waals surface area contributed by atoms with Crippen molar-refractivity contribution in [2.45, 2.75) is 140 Å². The fourth-order valence-electron chi connectivity index (χ4n) is 5.08. The normalized spacial score (nSPS) is 22.1. The van der Waals surface area contributed by atoms with Crippen molar-refractivity contribution in [2.24, 2.45) is 0 Å². The summed E-state index contributed by atoms with van der Waals surface area (Å²) < 4.78 is 48.3. The highest BCUT2D eigenvalue weighted by Crippen LogP contribution is 2.49. The Balaban J connectivity index is 2.79. The molecule has 0 amide bonds. The Morgan fingerprint density at radius 1 is 0.648 bits per heavy atom. The summed E-state index contributed by atoms with van der Waals surface area (Å²) in [5.41, 5.74) is 0. The molecule has 18 heteroatoms. The van der Waals surface area contributed by atoms with Crippen LogP contribution in [0.2, 0.25) is 0 Å². The molecule has 0 aromatic heterocycles. The van der Waals surface area contributed by atoms with E-state index in [0.29, 0.717) is 6.42 Å². The van der Waals surface area contributed by atoms with E-state index in [1.165, 1.54) is 44.9 Å². The highest BCUT2D eigenvalue weighted by atomic mass is 31.2. The number of carbonyl (C=O) groups is 2. The van der Waals surface area contributed by atoms with Gasteiger partial charge in [0.1, 0.15) is 43.2 Å². The van der Waals surface area contributed by atoms with Gasteiger partial charge in [0.15, 0.2) is 6.10 Å². The molecule has 1 fully saturated rings. The molecule has 16 nitrogen and oxygen atoms in total. The molecule has 0 spiro atoms. The monoisotopic (exact) mass is 800 g/mol. The van der Waals surface area contributed by atoms with Crippen molar-refractivity contribution in [2.75, 3.05) is 13.2 Å². The Hall–Kier alpha value is -3.20. The molecule has 7 N–H and O–H groups in total. The van der Waals surface area contributed by atoms with Gasteiger partial charge in [0, 0.05) is 12.3 Å². The molecule has 8 atom stereocenters. The topological polar surface area (TPSA) is 256 Å². The highest BCUT2D eigenvalue weighted by Gasteiger charge is 2.54. The maximum Gasteiger partial charge on any atom is 0.472 e. The third-order valence-electron chi connectivity index (χ3n) is 7.78. The van der Waals surface area contributed by atoms with E-state index in [9.17, 15) is 44.0 Å². The summed E-state index contributed by atoms with van der Waals surface area (Å²) in [5.74, 6) is 18.2.